The molecule has 0 amide bonds. The Bertz CT molecular complexity index is 1550. The number of rotatable bonds is 7. The van der Waals surface area contributed by atoms with Gasteiger partial charge in [0.25, 0.3) is 5.56 Å². The van der Waals surface area contributed by atoms with E-state index in [-0.39, 0.29) is 5.56 Å². The van der Waals surface area contributed by atoms with E-state index < -0.39 is 0 Å². The van der Waals surface area contributed by atoms with Gasteiger partial charge in [0, 0.05) is 42.7 Å². The van der Waals surface area contributed by atoms with Crippen molar-refractivity contribution in [2.24, 2.45) is 11.3 Å². The minimum absolute atomic E-state index is 0.197. The summed E-state index contributed by atoms with van der Waals surface area (Å²) in [7, 11) is 3.81. The first-order valence-corrected chi connectivity index (χ1v) is 14.6. The van der Waals surface area contributed by atoms with Gasteiger partial charge in [0.05, 0.1) is 13.7 Å². The van der Waals surface area contributed by atoms with Crippen molar-refractivity contribution in [2.75, 3.05) is 45.7 Å². The highest BCUT2D eigenvalue weighted by atomic mass is 16.5. The monoisotopic (exact) mass is 556 g/mol. The molecule has 1 spiro atoms. The van der Waals surface area contributed by atoms with E-state index >= 15 is 0 Å². The van der Waals surface area contributed by atoms with E-state index in [0.29, 0.717) is 46.6 Å². The number of aromatic nitrogens is 5. The number of hydrogen-bond acceptors (Lipinski definition) is 8. The van der Waals surface area contributed by atoms with Crippen LogP contribution in [-0.4, -0.2) is 74.5 Å². The first-order valence-electron chi connectivity index (χ1n) is 14.6. The van der Waals surface area contributed by atoms with E-state index in [0.717, 1.165) is 25.2 Å². The molecule has 6 rings (SSSR count). The molecule has 3 aromatic heterocycles. The number of anilines is 1. The normalized spacial score (nSPS) is 21.0. The highest BCUT2D eigenvalue weighted by molar-refractivity contribution is 5.76. The number of fused-ring (bicyclic) bond motifs is 1. The van der Waals surface area contributed by atoms with Crippen molar-refractivity contribution in [1.82, 2.24) is 34.1 Å². The lowest BCUT2D eigenvalue weighted by Crippen LogP contribution is -2.46. The van der Waals surface area contributed by atoms with Crippen molar-refractivity contribution in [2.45, 2.75) is 45.6 Å². The van der Waals surface area contributed by atoms with Crippen LogP contribution in [0.5, 0.6) is 5.88 Å². The van der Waals surface area contributed by atoms with Crippen molar-refractivity contribution in [3.63, 3.8) is 0 Å². The maximum atomic E-state index is 13.2. The number of nitrogens with zero attached hydrogens (tertiary/aromatic N) is 7. The second kappa shape index (κ2) is 11.2. The number of allylic oxidation sites excluding steroid dienone is 5. The van der Waals surface area contributed by atoms with Crippen LogP contribution in [0.3, 0.4) is 0 Å². The second-order valence-electron chi connectivity index (χ2n) is 11.8. The summed E-state index contributed by atoms with van der Waals surface area (Å²) in [5.41, 5.74) is 3.31. The molecule has 0 bridgehead atoms. The van der Waals surface area contributed by atoms with Gasteiger partial charge < -0.3 is 19.9 Å². The zero-order valence-corrected chi connectivity index (χ0v) is 24.3. The van der Waals surface area contributed by atoms with Gasteiger partial charge in [-0.1, -0.05) is 19.1 Å². The van der Waals surface area contributed by atoms with Crippen LogP contribution in [-0.2, 0) is 6.54 Å². The quantitative estimate of drug-likeness (QED) is 0.433. The molecule has 1 aliphatic carbocycles. The SMILES string of the molecule is C=CCn1c(=O)c2cnc(NC3=CC=C(N4CCC5(CCN(C)CC5)CC4)C(C)C3)nc2n1-c1cccc(OC)n1. The van der Waals surface area contributed by atoms with Crippen molar-refractivity contribution in [3.8, 4) is 11.7 Å². The molecule has 2 aliphatic heterocycles. The molecule has 10 heteroatoms. The zero-order chi connectivity index (χ0) is 28.6. The molecule has 10 nitrogen and oxygen atoms in total. The summed E-state index contributed by atoms with van der Waals surface area (Å²) in [4.78, 5) is 32.1. The molecule has 3 aliphatic rings. The Kier molecular flexibility index (Phi) is 7.42. The number of pyridine rings is 1. The Morgan fingerprint density at radius 1 is 1.12 bits per heavy atom. The minimum atomic E-state index is -0.197. The molecule has 0 aromatic carbocycles. The van der Waals surface area contributed by atoms with Gasteiger partial charge in [0.1, 0.15) is 5.39 Å². The molecule has 5 heterocycles. The van der Waals surface area contributed by atoms with Gasteiger partial charge in [0.15, 0.2) is 11.5 Å². The fraction of sp³-hybridized carbons (Fsp3) is 0.484. The summed E-state index contributed by atoms with van der Waals surface area (Å²) in [6.45, 7) is 11.2. The van der Waals surface area contributed by atoms with Crippen molar-refractivity contribution >= 4 is 17.0 Å². The van der Waals surface area contributed by atoms with Crippen LogP contribution in [0.4, 0.5) is 5.95 Å². The predicted octanol–water partition coefficient (Wildman–Crippen LogP) is 4.20. The van der Waals surface area contributed by atoms with Crippen LogP contribution < -0.4 is 15.6 Å². The smallest absolute Gasteiger partial charge is 0.278 e. The predicted molar refractivity (Wildman–Crippen MR) is 161 cm³/mol. The van der Waals surface area contributed by atoms with Crippen molar-refractivity contribution in [1.29, 1.82) is 0 Å². The third kappa shape index (κ3) is 5.28. The van der Waals surface area contributed by atoms with Crippen LogP contribution in [0.2, 0.25) is 0 Å². The minimum Gasteiger partial charge on any atom is -0.481 e. The van der Waals surface area contributed by atoms with Gasteiger partial charge in [-0.15, -0.1) is 6.58 Å². The fourth-order valence-electron chi connectivity index (χ4n) is 6.58. The second-order valence-corrected chi connectivity index (χ2v) is 11.8. The molecule has 1 unspecified atom stereocenters. The summed E-state index contributed by atoms with van der Waals surface area (Å²) in [5.74, 6) is 1.83. The summed E-state index contributed by atoms with van der Waals surface area (Å²) < 4.78 is 8.58. The standard InChI is InChI=1S/C31H40N8O2/c1-5-15-38-29(40)24-21-32-30(35-28(24)39(38)26-7-6-8-27(34-26)41-4)33-23-9-10-25(22(2)20-23)37-18-13-31(14-19-37)11-16-36(3)17-12-31/h5-10,21-22H,1,11-20H2,2-4H3,(H,32,33,35). The average molecular weight is 557 g/mol. The van der Waals surface area contributed by atoms with Gasteiger partial charge in [-0.2, -0.15) is 9.97 Å². The van der Waals surface area contributed by atoms with Gasteiger partial charge in [-0.3, -0.25) is 4.79 Å². The number of hydrogen-bond donors (Lipinski definition) is 1. The van der Waals surface area contributed by atoms with Gasteiger partial charge >= 0.3 is 0 Å². The molecule has 0 radical (unpaired) electrons. The molecule has 216 valence electrons. The fourth-order valence-corrected chi connectivity index (χ4v) is 6.58. The summed E-state index contributed by atoms with van der Waals surface area (Å²) >= 11 is 0. The van der Waals surface area contributed by atoms with Crippen LogP contribution in [0, 0.1) is 11.3 Å². The van der Waals surface area contributed by atoms with Gasteiger partial charge in [-0.05, 0) is 75.9 Å². The lowest BCUT2D eigenvalue weighted by atomic mass is 9.71. The van der Waals surface area contributed by atoms with Crippen LogP contribution in [0.1, 0.15) is 39.0 Å². The maximum absolute atomic E-state index is 13.2. The number of ether oxygens (including phenoxy) is 1. The summed E-state index contributed by atoms with van der Waals surface area (Å²) in [6.07, 6.45) is 13.8. The maximum Gasteiger partial charge on any atom is 0.278 e. The first kappa shape index (κ1) is 27.3. The van der Waals surface area contributed by atoms with E-state index in [2.05, 4.69) is 57.8 Å². The highest BCUT2D eigenvalue weighted by Gasteiger charge is 2.37. The van der Waals surface area contributed by atoms with E-state index in [9.17, 15) is 4.79 Å². The lowest BCUT2D eigenvalue weighted by molar-refractivity contribution is 0.0508. The molecular formula is C31H40N8O2. The topological polar surface area (TPSA) is 93.3 Å². The number of nitrogens with one attached hydrogen (secondary N) is 1. The number of methoxy groups -OCH3 is 1. The van der Waals surface area contributed by atoms with Crippen LogP contribution in [0.25, 0.3) is 16.9 Å². The summed E-state index contributed by atoms with van der Waals surface area (Å²) in [5, 5.41) is 3.84. The van der Waals surface area contributed by atoms with E-state index in [4.69, 9.17) is 9.72 Å². The third-order valence-electron chi connectivity index (χ3n) is 9.11. The van der Waals surface area contributed by atoms with Gasteiger partial charge in [-0.25, -0.2) is 14.3 Å². The molecule has 3 aromatic rings. The molecular weight excluding hydrogens is 516 g/mol. The molecule has 2 saturated heterocycles. The Labute approximate surface area is 241 Å². The largest absolute Gasteiger partial charge is 0.481 e. The molecule has 2 fully saturated rings. The highest BCUT2D eigenvalue weighted by Crippen LogP contribution is 2.42. The molecule has 0 saturated carbocycles. The van der Waals surface area contributed by atoms with Gasteiger partial charge in [0.2, 0.25) is 11.8 Å². The Morgan fingerprint density at radius 2 is 1.88 bits per heavy atom. The number of piperidine rings is 2. The van der Waals surface area contributed by atoms with Crippen LogP contribution >= 0.6 is 0 Å². The van der Waals surface area contributed by atoms with E-state index in [1.54, 1.807) is 34.8 Å². The van der Waals surface area contributed by atoms with Crippen molar-refractivity contribution in [3.05, 3.63) is 71.0 Å². The van der Waals surface area contributed by atoms with E-state index in [1.807, 2.05) is 12.1 Å². The third-order valence-corrected chi connectivity index (χ3v) is 9.11. The molecule has 1 atom stereocenters. The van der Waals surface area contributed by atoms with Crippen LogP contribution in [0.15, 0.2) is 65.4 Å². The number of likely N-dealkylation sites (tertiary alicyclic amines) is 2. The first-order chi connectivity index (χ1) is 19.9. The Balaban J connectivity index is 1.23. The Hall–Kier alpha value is -3.92. The average Bonchev–Trinajstić information content (AvgIpc) is 3.26. The molecule has 41 heavy (non-hydrogen) atoms. The Morgan fingerprint density at radius 3 is 2.59 bits per heavy atom. The lowest BCUT2D eigenvalue weighted by Gasteiger charge is -2.48. The zero-order valence-electron chi connectivity index (χ0n) is 24.3. The van der Waals surface area contributed by atoms with E-state index in [1.165, 1.54) is 44.5 Å². The molecule has 1 N–H and O–H groups in total. The summed E-state index contributed by atoms with van der Waals surface area (Å²) in [6, 6.07) is 5.43. The van der Waals surface area contributed by atoms with Crippen molar-refractivity contribution < 1.29 is 4.74 Å².